The Morgan fingerprint density at radius 1 is 1.27 bits per heavy atom. The first-order chi connectivity index (χ1) is 12.6. The van der Waals surface area contributed by atoms with Gasteiger partial charge < -0.3 is 15.2 Å². The standard InChI is InChI=1S/C21H28N2O3/c1-14-12-18(22)21-19(23-14)4-3-5-20(21)26-17-10-7-15(8-11-17)6-9-16(24)13-25-2/h3-5,12,15,17H,6-11,13H2,1-2H3,(H2,22,23). The van der Waals surface area contributed by atoms with Crippen molar-refractivity contribution in [3.8, 4) is 5.75 Å². The summed E-state index contributed by atoms with van der Waals surface area (Å²) in [4.78, 5) is 16.2. The zero-order valence-electron chi connectivity index (χ0n) is 15.7. The summed E-state index contributed by atoms with van der Waals surface area (Å²) in [6.45, 7) is 2.18. The normalized spacial score (nSPS) is 20.2. The lowest BCUT2D eigenvalue weighted by Gasteiger charge is -2.29. The Balaban J connectivity index is 1.58. The van der Waals surface area contributed by atoms with Gasteiger partial charge in [-0.2, -0.15) is 0 Å². The molecule has 26 heavy (non-hydrogen) atoms. The second-order valence-electron chi connectivity index (χ2n) is 7.27. The van der Waals surface area contributed by atoms with Crippen molar-refractivity contribution < 1.29 is 14.3 Å². The van der Waals surface area contributed by atoms with Crippen LogP contribution in [0.4, 0.5) is 5.69 Å². The van der Waals surface area contributed by atoms with Crippen LogP contribution in [0.15, 0.2) is 24.3 Å². The van der Waals surface area contributed by atoms with Crippen LogP contribution in [0.5, 0.6) is 5.75 Å². The van der Waals surface area contributed by atoms with Crippen molar-refractivity contribution in [2.24, 2.45) is 5.92 Å². The Kier molecular flexibility index (Phi) is 6.09. The number of carbonyl (C=O) groups is 1. The monoisotopic (exact) mass is 356 g/mol. The minimum atomic E-state index is 0.194. The predicted octanol–water partition coefficient (Wildman–Crippen LogP) is 4.06. The van der Waals surface area contributed by atoms with Crippen molar-refractivity contribution >= 4 is 22.4 Å². The number of fused-ring (bicyclic) bond motifs is 1. The highest BCUT2D eigenvalue weighted by Gasteiger charge is 2.23. The van der Waals surface area contributed by atoms with Gasteiger partial charge in [-0.05, 0) is 63.1 Å². The molecular formula is C21H28N2O3. The molecule has 1 aliphatic rings. The minimum Gasteiger partial charge on any atom is -0.490 e. The van der Waals surface area contributed by atoms with Crippen LogP contribution < -0.4 is 10.5 Å². The molecular weight excluding hydrogens is 328 g/mol. The molecule has 0 amide bonds. The van der Waals surface area contributed by atoms with E-state index in [1.54, 1.807) is 7.11 Å². The molecule has 1 heterocycles. The van der Waals surface area contributed by atoms with Gasteiger partial charge in [0, 0.05) is 24.9 Å². The van der Waals surface area contributed by atoms with E-state index >= 15 is 0 Å². The third-order valence-corrected chi connectivity index (χ3v) is 5.18. The summed E-state index contributed by atoms with van der Waals surface area (Å²) < 4.78 is 11.2. The molecule has 5 heteroatoms. The van der Waals surface area contributed by atoms with Gasteiger partial charge in [0.25, 0.3) is 0 Å². The minimum absolute atomic E-state index is 0.194. The van der Waals surface area contributed by atoms with Gasteiger partial charge in [0.15, 0.2) is 5.78 Å². The van der Waals surface area contributed by atoms with Crippen LogP contribution in [-0.4, -0.2) is 30.6 Å². The van der Waals surface area contributed by atoms with E-state index in [0.29, 0.717) is 18.0 Å². The molecule has 1 saturated carbocycles. The van der Waals surface area contributed by atoms with Crippen LogP contribution in [0, 0.1) is 12.8 Å². The van der Waals surface area contributed by atoms with Crippen molar-refractivity contribution in [3.05, 3.63) is 30.0 Å². The van der Waals surface area contributed by atoms with Gasteiger partial charge in [-0.3, -0.25) is 9.78 Å². The Morgan fingerprint density at radius 3 is 2.77 bits per heavy atom. The molecule has 1 fully saturated rings. The fourth-order valence-electron chi connectivity index (χ4n) is 3.84. The number of anilines is 1. The van der Waals surface area contributed by atoms with E-state index in [2.05, 4.69) is 4.98 Å². The fourth-order valence-corrected chi connectivity index (χ4v) is 3.84. The number of nitrogens with two attached hydrogens (primary N) is 1. The summed E-state index contributed by atoms with van der Waals surface area (Å²) >= 11 is 0. The van der Waals surface area contributed by atoms with E-state index in [4.69, 9.17) is 15.2 Å². The van der Waals surface area contributed by atoms with Gasteiger partial charge in [-0.25, -0.2) is 0 Å². The number of pyridine rings is 1. The number of nitrogen functional groups attached to an aromatic ring is 1. The van der Waals surface area contributed by atoms with Gasteiger partial charge in [0.2, 0.25) is 0 Å². The average Bonchev–Trinajstić information content (AvgIpc) is 2.61. The maximum Gasteiger partial charge on any atom is 0.158 e. The molecule has 2 aromatic rings. The number of ketones is 1. The molecule has 140 valence electrons. The lowest BCUT2D eigenvalue weighted by molar-refractivity contribution is -0.123. The molecule has 0 radical (unpaired) electrons. The number of hydrogen-bond acceptors (Lipinski definition) is 5. The number of aryl methyl sites for hydroxylation is 1. The number of ether oxygens (including phenoxy) is 2. The number of Topliss-reactive ketones (excluding diaryl/α,β-unsaturated/α-hetero) is 1. The highest BCUT2D eigenvalue weighted by Crippen LogP contribution is 2.35. The second kappa shape index (κ2) is 8.49. The zero-order chi connectivity index (χ0) is 18.5. The Labute approximate surface area is 154 Å². The van der Waals surface area contributed by atoms with Crippen LogP contribution in [-0.2, 0) is 9.53 Å². The first-order valence-electron chi connectivity index (χ1n) is 9.40. The highest BCUT2D eigenvalue weighted by atomic mass is 16.5. The molecule has 3 rings (SSSR count). The summed E-state index contributed by atoms with van der Waals surface area (Å²) in [5.74, 6) is 1.63. The average molecular weight is 356 g/mol. The molecule has 0 saturated heterocycles. The maximum atomic E-state index is 11.6. The van der Waals surface area contributed by atoms with Crippen molar-refractivity contribution in [3.63, 3.8) is 0 Å². The SMILES string of the molecule is COCC(=O)CCC1CCC(Oc2cccc3nc(C)cc(N)c23)CC1. The summed E-state index contributed by atoms with van der Waals surface area (Å²) in [6, 6.07) is 7.81. The molecule has 2 N–H and O–H groups in total. The third-order valence-electron chi connectivity index (χ3n) is 5.18. The lowest BCUT2D eigenvalue weighted by Crippen LogP contribution is -2.24. The smallest absolute Gasteiger partial charge is 0.158 e. The van der Waals surface area contributed by atoms with E-state index in [1.165, 1.54) is 0 Å². The zero-order valence-corrected chi connectivity index (χ0v) is 15.7. The topological polar surface area (TPSA) is 74.4 Å². The van der Waals surface area contributed by atoms with Gasteiger partial charge >= 0.3 is 0 Å². The maximum absolute atomic E-state index is 11.6. The molecule has 1 aliphatic carbocycles. The number of aromatic nitrogens is 1. The van der Waals surface area contributed by atoms with Crippen molar-refractivity contribution in [2.45, 2.75) is 51.6 Å². The van der Waals surface area contributed by atoms with E-state index in [9.17, 15) is 4.79 Å². The van der Waals surface area contributed by atoms with Crippen LogP contribution in [0.3, 0.4) is 0 Å². The summed E-state index contributed by atoms with van der Waals surface area (Å²) in [5, 5.41) is 0.908. The van der Waals surface area contributed by atoms with Crippen LogP contribution in [0.2, 0.25) is 0 Å². The molecule has 0 aliphatic heterocycles. The molecule has 1 aromatic heterocycles. The quantitative estimate of drug-likeness (QED) is 0.810. The highest BCUT2D eigenvalue weighted by molar-refractivity contribution is 5.95. The van der Waals surface area contributed by atoms with E-state index < -0.39 is 0 Å². The molecule has 0 unspecified atom stereocenters. The van der Waals surface area contributed by atoms with Gasteiger partial charge in [0.05, 0.1) is 17.0 Å². The molecule has 0 spiro atoms. The number of rotatable bonds is 7. The lowest BCUT2D eigenvalue weighted by atomic mass is 9.84. The van der Waals surface area contributed by atoms with Gasteiger partial charge in [0.1, 0.15) is 12.4 Å². The van der Waals surface area contributed by atoms with Gasteiger partial charge in [-0.1, -0.05) is 6.07 Å². The van der Waals surface area contributed by atoms with Crippen LogP contribution >= 0.6 is 0 Å². The van der Waals surface area contributed by atoms with E-state index in [-0.39, 0.29) is 18.5 Å². The summed E-state index contributed by atoms with van der Waals surface area (Å²) in [5.41, 5.74) is 8.72. The molecule has 1 aromatic carbocycles. The first kappa shape index (κ1) is 18.6. The van der Waals surface area contributed by atoms with Crippen molar-refractivity contribution in [1.29, 1.82) is 0 Å². The number of benzene rings is 1. The first-order valence-corrected chi connectivity index (χ1v) is 9.40. The molecule has 5 nitrogen and oxygen atoms in total. The number of carbonyl (C=O) groups excluding carboxylic acids is 1. The second-order valence-corrected chi connectivity index (χ2v) is 7.27. The van der Waals surface area contributed by atoms with Crippen LogP contribution in [0.25, 0.3) is 10.9 Å². The molecule has 0 bridgehead atoms. The number of hydrogen-bond donors (Lipinski definition) is 1. The van der Waals surface area contributed by atoms with Crippen LogP contribution in [0.1, 0.15) is 44.2 Å². The largest absolute Gasteiger partial charge is 0.490 e. The fraction of sp³-hybridized carbons (Fsp3) is 0.524. The third kappa shape index (κ3) is 4.52. The van der Waals surface area contributed by atoms with Crippen molar-refractivity contribution in [2.75, 3.05) is 19.5 Å². The molecule has 0 atom stereocenters. The number of nitrogens with zero attached hydrogens (tertiary/aromatic N) is 1. The van der Waals surface area contributed by atoms with E-state index in [1.807, 2.05) is 31.2 Å². The summed E-state index contributed by atoms with van der Waals surface area (Å²) in [7, 11) is 1.57. The Hall–Kier alpha value is -2.14. The number of methoxy groups -OCH3 is 1. The summed E-state index contributed by atoms with van der Waals surface area (Å²) in [6.07, 6.45) is 6.00. The van der Waals surface area contributed by atoms with E-state index in [0.717, 1.165) is 54.5 Å². The van der Waals surface area contributed by atoms with Gasteiger partial charge in [-0.15, -0.1) is 0 Å². The predicted molar refractivity (Wildman–Crippen MR) is 103 cm³/mol. The Bertz CT molecular complexity index is 767. The van der Waals surface area contributed by atoms with Crippen molar-refractivity contribution in [1.82, 2.24) is 4.98 Å². The Morgan fingerprint density at radius 2 is 2.04 bits per heavy atom.